The van der Waals surface area contributed by atoms with Crippen molar-refractivity contribution in [2.45, 2.75) is 156 Å². The van der Waals surface area contributed by atoms with Crippen molar-refractivity contribution in [1.29, 1.82) is 0 Å². The highest BCUT2D eigenvalue weighted by Gasteiger charge is 2.10. The molecule has 0 heterocycles. The minimum absolute atomic E-state index is 0.809. The molecule has 1 nitrogen and oxygen atoms in total. The molecule has 196 valence electrons. The van der Waals surface area contributed by atoms with Crippen LogP contribution in [0.15, 0.2) is 24.3 Å². The van der Waals surface area contributed by atoms with Gasteiger partial charge in [0, 0.05) is 13.2 Å². The van der Waals surface area contributed by atoms with E-state index in [1.807, 2.05) is 0 Å². The number of rotatable bonds is 26. The van der Waals surface area contributed by atoms with Crippen molar-refractivity contribution in [3.05, 3.63) is 24.3 Å². The lowest BCUT2D eigenvalue weighted by Gasteiger charge is -2.17. The Hall–Kier alpha value is -0.560. The molecular formula is C32H62O. The van der Waals surface area contributed by atoms with E-state index < -0.39 is 0 Å². The van der Waals surface area contributed by atoms with Gasteiger partial charge in [0.05, 0.1) is 0 Å². The Morgan fingerprint density at radius 1 is 0.485 bits per heavy atom. The molecule has 0 aliphatic rings. The predicted molar refractivity (Wildman–Crippen MR) is 151 cm³/mol. The van der Waals surface area contributed by atoms with Crippen molar-refractivity contribution in [3.63, 3.8) is 0 Å². The fourth-order valence-electron chi connectivity index (χ4n) is 4.80. The second kappa shape index (κ2) is 27.7. The standard InChI is InChI=1S/C32H62O/c1-5-9-13-15-17-19-21-25-31(23-11-7-3)27-29-33-30-28-32(24-12-8-4)26-22-20-18-16-14-10-6-2/h7-8,11-12,31-32H,5-6,9-10,13-30H2,1-4H3. The molecule has 0 radical (unpaired) electrons. The molecule has 0 saturated heterocycles. The van der Waals surface area contributed by atoms with Gasteiger partial charge in [-0.3, -0.25) is 0 Å². The summed E-state index contributed by atoms with van der Waals surface area (Å²) in [7, 11) is 0. The second-order valence-corrected chi connectivity index (χ2v) is 10.4. The largest absolute Gasteiger partial charge is 0.381 e. The van der Waals surface area contributed by atoms with E-state index in [1.54, 1.807) is 0 Å². The summed E-state index contributed by atoms with van der Waals surface area (Å²) >= 11 is 0. The number of ether oxygens (including phenoxy) is 1. The van der Waals surface area contributed by atoms with E-state index in [9.17, 15) is 0 Å². The molecule has 0 aliphatic carbocycles. The lowest BCUT2D eigenvalue weighted by atomic mass is 9.93. The van der Waals surface area contributed by atoms with Gasteiger partial charge in [-0.15, -0.1) is 0 Å². The van der Waals surface area contributed by atoms with Crippen LogP contribution in [0.5, 0.6) is 0 Å². The van der Waals surface area contributed by atoms with Crippen LogP contribution >= 0.6 is 0 Å². The molecule has 0 fully saturated rings. The first-order valence-corrected chi connectivity index (χ1v) is 15.1. The molecule has 0 aromatic rings. The third kappa shape index (κ3) is 24.4. The molecule has 0 N–H and O–H groups in total. The van der Waals surface area contributed by atoms with Gasteiger partial charge >= 0.3 is 0 Å². The van der Waals surface area contributed by atoms with Crippen LogP contribution in [0.2, 0.25) is 0 Å². The SMILES string of the molecule is CC=CCC(CCCCCCCCC)CCOCCC(CC=CC)CCCCCCCCC. The summed E-state index contributed by atoms with van der Waals surface area (Å²) in [5.41, 5.74) is 0. The van der Waals surface area contributed by atoms with Crippen LogP contribution < -0.4 is 0 Å². The zero-order valence-electron chi connectivity index (χ0n) is 23.4. The maximum Gasteiger partial charge on any atom is 0.0468 e. The molecule has 2 unspecified atom stereocenters. The van der Waals surface area contributed by atoms with Crippen molar-refractivity contribution in [2.75, 3.05) is 13.2 Å². The highest BCUT2D eigenvalue weighted by Crippen LogP contribution is 2.22. The number of hydrogen-bond donors (Lipinski definition) is 0. The lowest BCUT2D eigenvalue weighted by Crippen LogP contribution is -2.09. The third-order valence-corrected chi connectivity index (χ3v) is 7.18. The first-order valence-electron chi connectivity index (χ1n) is 15.1. The van der Waals surface area contributed by atoms with Gasteiger partial charge in [0.2, 0.25) is 0 Å². The minimum atomic E-state index is 0.809. The van der Waals surface area contributed by atoms with Crippen molar-refractivity contribution in [2.24, 2.45) is 11.8 Å². The summed E-state index contributed by atoms with van der Waals surface area (Å²) in [6.07, 6.45) is 36.6. The molecule has 0 bridgehead atoms. The van der Waals surface area contributed by atoms with Gasteiger partial charge in [0.1, 0.15) is 0 Å². The molecule has 0 aromatic heterocycles. The zero-order chi connectivity index (χ0) is 24.2. The van der Waals surface area contributed by atoms with Crippen LogP contribution in [0.3, 0.4) is 0 Å². The molecular weight excluding hydrogens is 400 g/mol. The number of hydrogen-bond acceptors (Lipinski definition) is 1. The van der Waals surface area contributed by atoms with E-state index in [2.05, 4.69) is 52.0 Å². The highest BCUT2D eigenvalue weighted by molar-refractivity contribution is 4.81. The first-order chi connectivity index (χ1) is 16.3. The summed E-state index contributed by atoms with van der Waals surface area (Å²) < 4.78 is 6.15. The molecule has 2 atom stereocenters. The maximum absolute atomic E-state index is 6.15. The number of allylic oxidation sites excluding steroid dienone is 4. The highest BCUT2D eigenvalue weighted by atomic mass is 16.5. The fraction of sp³-hybridized carbons (Fsp3) is 0.875. The molecule has 0 spiro atoms. The van der Waals surface area contributed by atoms with Crippen LogP contribution in [-0.4, -0.2) is 13.2 Å². The van der Waals surface area contributed by atoms with Crippen LogP contribution in [-0.2, 0) is 4.74 Å². The van der Waals surface area contributed by atoms with Crippen LogP contribution in [0.25, 0.3) is 0 Å². The summed E-state index contributed by atoms with van der Waals surface area (Å²) in [6.45, 7) is 10.8. The van der Waals surface area contributed by atoms with Gasteiger partial charge in [-0.05, 0) is 51.4 Å². The van der Waals surface area contributed by atoms with E-state index in [1.165, 1.54) is 128 Å². The van der Waals surface area contributed by atoms with Crippen molar-refractivity contribution in [3.8, 4) is 0 Å². The average molecular weight is 463 g/mol. The fourth-order valence-corrected chi connectivity index (χ4v) is 4.80. The van der Waals surface area contributed by atoms with Crippen molar-refractivity contribution in [1.82, 2.24) is 0 Å². The quantitative estimate of drug-likeness (QED) is 0.0917. The van der Waals surface area contributed by atoms with Crippen LogP contribution in [0.4, 0.5) is 0 Å². The maximum atomic E-state index is 6.15. The third-order valence-electron chi connectivity index (χ3n) is 7.18. The lowest BCUT2D eigenvalue weighted by molar-refractivity contribution is 0.105. The van der Waals surface area contributed by atoms with E-state index in [4.69, 9.17) is 4.74 Å². The van der Waals surface area contributed by atoms with Gasteiger partial charge < -0.3 is 4.74 Å². The second-order valence-electron chi connectivity index (χ2n) is 10.4. The summed E-state index contributed by atoms with van der Waals surface area (Å²) in [5, 5.41) is 0. The molecule has 33 heavy (non-hydrogen) atoms. The van der Waals surface area contributed by atoms with Gasteiger partial charge in [-0.2, -0.15) is 0 Å². The smallest absolute Gasteiger partial charge is 0.0468 e. The molecule has 0 amide bonds. The van der Waals surface area contributed by atoms with E-state index in [0.717, 1.165) is 25.0 Å². The van der Waals surface area contributed by atoms with Crippen molar-refractivity contribution >= 4 is 0 Å². The van der Waals surface area contributed by atoms with Crippen LogP contribution in [0, 0.1) is 11.8 Å². The normalized spacial score (nSPS) is 13.9. The van der Waals surface area contributed by atoms with Gasteiger partial charge in [0.25, 0.3) is 0 Å². The van der Waals surface area contributed by atoms with Crippen LogP contribution in [0.1, 0.15) is 156 Å². The first kappa shape index (κ1) is 32.4. The van der Waals surface area contributed by atoms with Gasteiger partial charge in [-0.1, -0.05) is 141 Å². The average Bonchev–Trinajstić information content (AvgIpc) is 2.83. The minimum Gasteiger partial charge on any atom is -0.381 e. The zero-order valence-corrected chi connectivity index (χ0v) is 23.4. The molecule has 0 rings (SSSR count). The Labute approximate surface area is 210 Å². The summed E-state index contributed by atoms with van der Waals surface area (Å²) in [4.78, 5) is 0. The van der Waals surface area contributed by atoms with E-state index in [0.29, 0.717) is 0 Å². The Bertz CT molecular complexity index is 373. The topological polar surface area (TPSA) is 9.23 Å². The Morgan fingerprint density at radius 2 is 0.848 bits per heavy atom. The Kier molecular flexibility index (Phi) is 27.2. The van der Waals surface area contributed by atoms with E-state index in [-0.39, 0.29) is 0 Å². The molecule has 1 heteroatoms. The van der Waals surface area contributed by atoms with Gasteiger partial charge in [-0.25, -0.2) is 0 Å². The Balaban J connectivity index is 3.99. The molecule has 0 saturated carbocycles. The Morgan fingerprint density at radius 3 is 1.21 bits per heavy atom. The van der Waals surface area contributed by atoms with Crippen molar-refractivity contribution < 1.29 is 4.74 Å². The number of unbranched alkanes of at least 4 members (excludes halogenated alkanes) is 12. The summed E-state index contributed by atoms with van der Waals surface area (Å²) in [6, 6.07) is 0. The molecule has 0 aliphatic heterocycles. The molecule has 0 aromatic carbocycles. The van der Waals surface area contributed by atoms with E-state index >= 15 is 0 Å². The summed E-state index contributed by atoms with van der Waals surface area (Å²) in [5.74, 6) is 1.62. The van der Waals surface area contributed by atoms with Gasteiger partial charge in [0.15, 0.2) is 0 Å². The monoisotopic (exact) mass is 462 g/mol. The predicted octanol–water partition coefficient (Wildman–Crippen LogP) is 11.2.